The van der Waals surface area contributed by atoms with Crippen molar-refractivity contribution in [1.82, 2.24) is 9.80 Å². The van der Waals surface area contributed by atoms with Crippen molar-refractivity contribution in [3.8, 4) is 0 Å². The molecule has 0 saturated carbocycles. The molecule has 1 unspecified atom stereocenters. The first-order chi connectivity index (χ1) is 10.1. The SMILES string of the molecule is CCC1CCCN(C(=O)CN(C)C(=O)c2ccccc2)C1. The number of nitrogens with zero attached hydrogens (tertiary/aromatic N) is 2. The van der Waals surface area contributed by atoms with Gasteiger partial charge < -0.3 is 9.80 Å². The third kappa shape index (κ3) is 4.06. The number of carbonyl (C=O) groups excluding carboxylic acids is 2. The van der Waals surface area contributed by atoms with Crippen LogP contribution in [0.1, 0.15) is 36.5 Å². The summed E-state index contributed by atoms with van der Waals surface area (Å²) in [5.74, 6) is 0.561. The lowest BCUT2D eigenvalue weighted by Crippen LogP contribution is -2.45. The lowest BCUT2D eigenvalue weighted by molar-refractivity contribution is -0.133. The number of rotatable bonds is 4. The van der Waals surface area contributed by atoms with Crippen LogP contribution in [-0.2, 0) is 4.79 Å². The van der Waals surface area contributed by atoms with E-state index < -0.39 is 0 Å². The van der Waals surface area contributed by atoms with Crippen molar-refractivity contribution in [3.05, 3.63) is 35.9 Å². The molecule has 21 heavy (non-hydrogen) atoms. The molecule has 4 heteroatoms. The second-order valence-electron chi connectivity index (χ2n) is 5.78. The Hall–Kier alpha value is -1.84. The molecular weight excluding hydrogens is 264 g/mol. The number of likely N-dealkylation sites (N-methyl/N-ethyl adjacent to an activating group) is 1. The zero-order chi connectivity index (χ0) is 15.2. The van der Waals surface area contributed by atoms with Gasteiger partial charge in [-0.3, -0.25) is 9.59 Å². The third-order valence-corrected chi connectivity index (χ3v) is 4.19. The molecule has 1 aliphatic rings. The number of likely N-dealkylation sites (tertiary alicyclic amines) is 1. The second kappa shape index (κ2) is 7.25. The predicted octanol–water partition coefficient (Wildman–Crippen LogP) is 2.41. The first-order valence-electron chi connectivity index (χ1n) is 7.70. The number of hydrogen-bond acceptors (Lipinski definition) is 2. The van der Waals surface area contributed by atoms with Crippen LogP contribution in [0.25, 0.3) is 0 Å². The summed E-state index contributed by atoms with van der Waals surface area (Å²) in [5, 5.41) is 0. The van der Waals surface area contributed by atoms with E-state index >= 15 is 0 Å². The maximum absolute atomic E-state index is 12.3. The minimum absolute atomic E-state index is 0.0555. The molecule has 114 valence electrons. The van der Waals surface area contributed by atoms with Crippen LogP contribution < -0.4 is 0 Å². The lowest BCUT2D eigenvalue weighted by atomic mass is 9.95. The molecule has 2 rings (SSSR count). The molecule has 0 N–H and O–H groups in total. The summed E-state index contributed by atoms with van der Waals surface area (Å²) in [4.78, 5) is 28.0. The van der Waals surface area contributed by atoms with Gasteiger partial charge in [0.1, 0.15) is 0 Å². The van der Waals surface area contributed by atoms with E-state index in [1.807, 2.05) is 23.1 Å². The highest BCUT2D eigenvalue weighted by Crippen LogP contribution is 2.19. The van der Waals surface area contributed by atoms with Crippen LogP contribution in [0.4, 0.5) is 0 Å². The van der Waals surface area contributed by atoms with Gasteiger partial charge in [0.2, 0.25) is 5.91 Å². The molecule has 1 fully saturated rings. The molecule has 0 aliphatic carbocycles. The fraction of sp³-hybridized carbons (Fsp3) is 0.529. The molecule has 1 aromatic rings. The number of piperidine rings is 1. The van der Waals surface area contributed by atoms with Crippen LogP contribution in [0.3, 0.4) is 0 Å². The summed E-state index contributed by atoms with van der Waals surface area (Å²) >= 11 is 0. The van der Waals surface area contributed by atoms with Crippen LogP contribution >= 0.6 is 0 Å². The molecule has 2 amide bonds. The molecule has 0 bridgehead atoms. The number of carbonyl (C=O) groups is 2. The monoisotopic (exact) mass is 288 g/mol. The second-order valence-corrected chi connectivity index (χ2v) is 5.78. The van der Waals surface area contributed by atoms with Gasteiger partial charge in [-0.2, -0.15) is 0 Å². The Morgan fingerprint density at radius 3 is 2.67 bits per heavy atom. The summed E-state index contributed by atoms with van der Waals surface area (Å²) in [6.07, 6.45) is 3.39. The molecular formula is C17H24N2O2. The highest BCUT2D eigenvalue weighted by atomic mass is 16.2. The van der Waals surface area contributed by atoms with Gasteiger partial charge in [-0.15, -0.1) is 0 Å². The number of amides is 2. The molecule has 1 heterocycles. The van der Waals surface area contributed by atoms with Crippen LogP contribution in [0.15, 0.2) is 30.3 Å². The van der Waals surface area contributed by atoms with E-state index in [9.17, 15) is 9.59 Å². The van der Waals surface area contributed by atoms with Gasteiger partial charge in [-0.1, -0.05) is 31.5 Å². The molecule has 0 aromatic heterocycles. The van der Waals surface area contributed by atoms with Crippen LogP contribution in [-0.4, -0.2) is 48.3 Å². The Kier molecular flexibility index (Phi) is 5.37. The first-order valence-corrected chi connectivity index (χ1v) is 7.70. The maximum atomic E-state index is 12.3. The number of benzene rings is 1. The molecule has 1 saturated heterocycles. The summed E-state index contributed by atoms with van der Waals surface area (Å²) in [6, 6.07) is 9.09. The first kappa shape index (κ1) is 15.5. The highest BCUT2D eigenvalue weighted by molar-refractivity contribution is 5.96. The fourth-order valence-corrected chi connectivity index (χ4v) is 2.80. The van der Waals surface area contributed by atoms with Gasteiger partial charge in [0.25, 0.3) is 5.91 Å². The minimum atomic E-state index is -0.104. The lowest BCUT2D eigenvalue weighted by Gasteiger charge is -2.33. The summed E-state index contributed by atoms with van der Waals surface area (Å²) in [5.41, 5.74) is 0.623. The Labute approximate surface area is 126 Å². The van der Waals surface area contributed by atoms with Gasteiger partial charge >= 0.3 is 0 Å². The van der Waals surface area contributed by atoms with E-state index in [2.05, 4.69) is 6.92 Å². The zero-order valence-corrected chi connectivity index (χ0v) is 12.9. The van der Waals surface area contributed by atoms with Crippen LogP contribution in [0.5, 0.6) is 0 Å². The summed E-state index contributed by atoms with van der Waals surface area (Å²) in [6.45, 7) is 3.99. The Balaban J connectivity index is 1.91. The van der Waals surface area contributed by atoms with Crippen molar-refractivity contribution >= 4 is 11.8 Å². The van der Waals surface area contributed by atoms with E-state index in [1.54, 1.807) is 19.2 Å². The van der Waals surface area contributed by atoms with Crippen molar-refractivity contribution < 1.29 is 9.59 Å². The average molecular weight is 288 g/mol. The molecule has 4 nitrogen and oxygen atoms in total. The van der Waals surface area contributed by atoms with Gasteiger partial charge in [-0.25, -0.2) is 0 Å². The molecule has 0 spiro atoms. The Bertz CT molecular complexity index is 487. The smallest absolute Gasteiger partial charge is 0.254 e. The minimum Gasteiger partial charge on any atom is -0.341 e. The standard InChI is InChI=1S/C17H24N2O2/c1-3-14-8-7-11-19(12-14)16(20)13-18(2)17(21)15-9-5-4-6-10-15/h4-6,9-10,14H,3,7-8,11-13H2,1-2H3. The third-order valence-electron chi connectivity index (χ3n) is 4.19. The molecule has 0 radical (unpaired) electrons. The van der Waals surface area contributed by atoms with E-state index in [4.69, 9.17) is 0 Å². The van der Waals surface area contributed by atoms with Gasteiger partial charge in [-0.05, 0) is 30.9 Å². The van der Waals surface area contributed by atoms with Crippen molar-refractivity contribution in [2.75, 3.05) is 26.7 Å². The van der Waals surface area contributed by atoms with Crippen molar-refractivity contribution in [2.45, 2.75) is 26.2 Å². The van der Waals surface area contributed by atoms with Crippen LogP contribution in [0.2, 0.25) is 0 Å². The largest absolute Gasteiger partial charge is 0.341 e. The maximum Gasteiger partial charge on any atom is 0.254 e. The Morgan fingerprint density at radius 1 is 1.29 bits per heavy atom. The molecule has 1 aromatic carbocycles. The van der Waals surface area contributed by atoms with Crippen molar-refractivity contribution in [2.24, 2.45) is 5.92 Å². The summed E-state index contributed by atoms with van der Waals surface area (Å²) < 4.78 is 0. The van der Waals surface area contributed by atoms with E-state index in [1.165, 1.54) is 11.3 Å². The van der Waals surface area contributed by atoms with Gasteiger partial charge in [0.05, 0.1) is 6.54 Å². The van der Waals surface area contributed by atoms with Crippen molar-refractivity contribution in [1.29, 1.82) is 0 Å². The van der Waals surface area contributed by atoms with E-state index in [-0.39, 0.29) is 18.4 Å². The molecule has 1 atom stereocenters. The predicted molar refractivity (Wildman–Crippen MR) is 83.0 cm³/mol. The normalized spacial score (nSPS) is 18.4. The molecule has 1 aliphatic heterocycles. The van der Waals surface area contributed by atoms with E-state index in [0.29, 0.717) is 11.5 Å². The zero-order valence-electron chi connectivity index (χ0n) is 12.9. The quantitative estimate of drug-likeness (QED) is 0.853. The van der Waals surface area contributed by atoms with Gasteiger partial charge in [0, 0.05) is 25.7 Å². The highest BCUT2D eigenvalue weighted by Gasteiger charge is 2.24. The van der Waals surface area contributed by atoms with Crippen molar-refractivity contribution in [3.63, 3.8) is 0 Å². The Morgan fingerprint density at radius 2 is 2.00 bits per heavy atom. The summed E-state index contributed by atoms with van der Waals surface area (Å²) in [7, 11) is 1.69. The average Bonchev–Trinajstić information content (AvgIpc) is 2.54. The number of hydrogen-bond donors (Lipinski definition) is 0. The fourth-order valence-electron chi connectivity index (χ4n) is 2.80. The van der Waals surface area contributed by atoms with E-state index in [0.717, 1.165) is 25.9 Å². The van der Waals surface area contributed by atoms with Crippen LogP contribution in [0, 0.1) is 5.92 Å². The van der Waals surface area contributed by atoms with Gasteiger partial charge in [0.15, 0.2) is 0 Å². The topological polar surface area (TPSA) is 40.6 Å².